The normalized spacial score (nSPS) is 15.8. The maximum Gasteiger partial charge on any atom is 0.263 e. The Morgan fingerprint density at radius 1 is 0.917 bits per heavy atom. The van der Waals surface area contributed by atoms with Crippen molar-refractivity contribution in [2.24, 2.45) is 0 Å². The van der Waals surface area contributed by atoms with Gasteiger partial charge in [0.15, 0.2) is 6.10 Å². The van der Waals surface area contributed by atoms with Gasteiger partial charge in [-0.2, -0.15) is 0 Å². The SMILES string of the molecule is COc1cccc(CO[C@H](CN2CCN(C(=O)[C@H](C)Oc3ccccc3)CC2)c2ccc(Cl)cc2)c1. The Labute approximate surface area is 218 Å². The summed E-state index contributed by atoms with van der Waals surface area (Å²) in [5.74, 6) is 1.53. The van der Waals surface area contributed by atoms with Crippen LogP contribution in [0, 0.1) is 0 Å². The van der Waals surface area contributed by atoms with Crippen molar-refractivity contribution in [2.45, 2.75) is 25.7 Å². The van der Waals surface area contributed by atoms with E-state index >= 15 is 0 Å². The second-order valence-corrected chi connectivity index (χ2v) is 9.34. The van der Waals surface area contributed by atoms with Crippen molar-refractivity contribution in [3.05, 3.63) is 95.0 Å². The van der Waals surface area contributed by atoms with Crippen molar-refractivity contribution in [3.63, 3.8) is 0 Å². The second kappa shape index (κ2) is 12.8. The van der Waals surface area contributed by atoms with Crippen LogP contribution in [0.15, 0.2) is 78.9 Å². The Morgan fingerprint density at radius 3 is 2.31 bits per heavy atom. The van der Waals surface area contributed by atoms with Crippen LogP contribution in [0.5, 0.6) is 11.5 Å². The highest BCUT2D eigenvalue weighted by Gasteiger charge is 2.27. The zero-order valence-electron chi connectivity index (χ0n) is 20.8. The van der Waals surface area contributed by atoms with Crippen LogP contribution in [0.4, 0.5) is 0 Å². The molecule has 1 fully saturated rings. The van der Waals surface area contributed by atoms with Crippen LogP contribution in [0.25, 0.3) is 0 Å². The highest BCUT2D eigenvalue weighted by Crippen LogP contribution is 2.24. The summed E-state index contributed by atoms with van der Waals surface area (Å²) in [5.41, 5.74) is 2.13. The molecule has 0 aliphatic carbocycles. The van der Waals surface area contributed by atoms with Gasteiger partial charge in [-0.05, 0) is 54.4 Å². The maximum absolute atomic E-state index is 12.9. The zero-order chi connectivity index (χ0) is 25.3. The third kappa shape index (κ3) is 7.23. The fourth-order valence-corrected chi connectivity index (χ4v) is 4.41. The molecule has 0 unspecified atom stereocenters. The standard InChI is InChI=1S/C29H33ClN2O4/c1-22(36-26-8-4-3-5-9-26)29(33)32-17-15-31(16-18-32)20-28(24-11-13-25(30)14-12-24)35-21-23-7-6-10-27(19-23)34-2/h3-14,19,22,28H,15-18,20-21H2,1-2H3/t22-,28+/m0/s1. The number of hydrogen-bond acceptors (Lipinski definition) is 5. The van der Waals surface area contributed by atoms with E-state index in [0.717, 1.165) is 36.5 Å². The molecule has 0 bridgehead atoms. The lowest BCUT2D eigenvalue weighted by atomic mass is 10.1. The van der Waals surface area contributed by atoms with Crippen molar-refractivity contribution in [1.82, 2.24) is 9.80 Å². The van der Waals surface area contributed by atoms with Gasteiger partial charge in [0.1, 0.15) is 11.5 Å². The van der Waals surface area contributed by atoms with Crippen LogP contribution in [-0.2, 0) is 16.1 Å². The number of para-hydroxylation sites is 1. The Balaban J connectivity index is 1.34. The topological polar surface area (TPSA) is 51.2 Å². The Hall–Kier alpha value is -3.06. The predicted molar refractivity (Wildman–Crippen MR) is 142 cm³/mol. The number of carbonyl (C=O) groups is 1. The summed E-state index contributed by atoms with van der Waals surface area (Å²) in [6.45, 7) is 5.87. The average molecular weight is 509 g/mol. The van der Waals surface area contributed by atoms with Crippen LogP contribution >= 0.6 is 11.6 Å². The second-order valence-electron chi connectivity index (χ2n) is 8.90. The number of halogens is 1. The summed E-state index contributed by atoms with van der Waals surface area (Å²) in [6.07, 6.45) is -0.650. The van der Waals surface area contributed by atoms with E-state index in [4.69, 9.17) is 25.8 Å². The zero-order valence-corrected chi connectivity index (χ0v) is 21.6. The molecule has 3 aromatic rings. The van der Waals surface area contributed by atoms with Gasteiger partial charge in [0.25, 0.3) is 5.91 Å². The van der Waals surface area contributed by atoms with Crippen molar-refractivity contribution >= 4 is 17.5 Å². The van der Waals surface area contributed by atoms with E-state index in [0.29, 0.717) is 30.5 Å². The Bertz CT molecular complexity index is 1100. The minimum absolute atomic E-state index is 0.0158. The summed E-state index contributed by atoms with van der Waals surface area (Å²) >= 11 is 6.12. The molecule has 0 spiro atoms. The maximum atomic E-state index is 12.9. The number of ether oxygens (including phenoxy) is 3. The van der Waals surface area contributed by atoms with Crippen molar-refractivity contribution < 1.29 is 19.0 Å². The quantitative estimate of drug-likeness (QED) is 0.376. The molecule has 0 aromatic heterocycles. The lowest BCUT2D eigenvalue weighted by Gasteiger charge is -2.37. The number of hydrogen-bond donors (Lipinski definition) is 0. The first kappa shape index (κ1) is 26.0. The predicted octanol–water partition coefficient (Wildman–Crippen LogP) is 5.22. The van der Waals surface area contributed by atoms with E-state index in [2.05, 4.69) is 4.90 Å². The van der Waals surface area contributed by atoms with Gasteiger partial charge >= 0.3 is 0 Å². The first-order valence-corrected chi connectivity index (χ1v) is 12.6. The molecule has 1 aliphatic rings. The molecule has 1 amide bonds. The monoisotopic (exact) mass is 508 g/mol. The molecule has 3 aromatic carbocycles. The number of benzene rings is 3. The minimum Gasteiger partial charge on any atom is -0.497 e. The molecule has 1 saturated heterocycles. The molecule has 0 N–H and O–H groups in total. The third-order valence-electron chi connectivity index (χ3n) is 6.34. The molecule has 0 saturated carbocycles. The van der Waals surface area contributed by atoms with E-state index < -0.39 is 6.10 Å². The van der Waals surface area contributed by atoms with E-state index in [9.17, 15) is 4.79 Å². The Morgan fingerprint density at radius 2 is 1.61 bits per heavy atom. The smallest absolute Gasteiger partial charge is 0.263 e. The van der Waals surface area contributed by atoms with Crippen LogP contribution in [0.1, 0.15) is 24.2 Å². The van der Waals surface area contributed by atoms with Gasteiger partial charge in [0.2, 0.25) is 0 Å². The molecular formula is C29H33ClN2O4. The van der Waals surface area contributed by atoms with Gasteiger partial charge in [-0.15, -0.1) is 0 Å². The van der Waals surface area contributed by atoms with Crippen molar-refractivity contribution in [1.29, 1.82) is 0 Å². The van der Waals surface area contributed by atoms with Gasteiger partial charge in [0.05, 0.1) is 19.8 Å². The van der Waals surface area contributed by atoms with Gasteiger partial charge in [-0.1, -0.05) is 54.1 Å². The van der Waals surface area contributed by atoms with Crippen LogP contribution in [0.3, 0.4) is 0 Å². The number of nitrogens with zero attached hydrogens (tertiary/aromatic N) is 2. The fourth-order valence-electron chi connectivity index (χ4n) is 4.29. The lowest BCUT2D eigenvalue weighted by molar-refractivity contribution is -0.140. The summed E-state index contributed by atoms with van der Waals surface area (Å²) in [6, 6.07) is 25.2. The summed E-state index contributed by atoms with van der Waals surface area (Å²) in [5, 5.41) is 0.698. The first-order chi connectivity index (χ1) is 17.5. The van der Waals surface area contributed by atoms with Gasteiger partial charge in [0, 0.05) is 37.7 Å². The van der Waals surface area contributed by atoms with Crippen molar-refractivity contribution in [2.75, 3.05) is 39.8 Å². The number of piperazine rings is 1. The Kier molecular flexibility index (Phi) is 9.23. The largest absolute Gasteiger partial charge is 0.497 e. The molecule has 190 valence electrons. The molecule has 2 atom stereocenters. The molecule has 36 heavy (non-hydrogen) atoms. The van der Waals surface area contributed by atoms with Crippen molar-refractivity contribution in [3.8, 4) is 11.5 Å². The average Bonchev–Trinajstić information content (AvgIpc) is 2.92. The summed E-state index contributed by atoms with van der Waals surface area (Å²) < 4.78 is 17.6. The highest BCUT2D eigenvalue weighted by molar-refractivity contribution is 6.30. The van der Waals surface area contributed by atoms with Crippen LogP contribution in [0.2, 0.25) is 5.02 Å². The fraction of sp³-hybridized carbons (Fsp3) is 0.345. The minimum atomic E-state index is -0.521. The molecule has 7 heteroatoms. The van der Waals surface area contributed by atoms with E-state index in [1.807, 2.05) is 90.7 Å². The van der Waals surface area contributed by atoms with Gasteiger partial charge in [-0.3, -0.25) is 9.69 Å². The first-order valence-electron chi connectivity index (χ1n) is 12.2. The number of amides is 1. The van der Waals surface area contributed by atoms with Crippen LogP contribution < -0.4 is 9.47 Å². The molecule has 0 radical (unpaired) electrons. The third-order valence-corrected chi connectivity index (χ3v) is 6.59. The van der Waals surface area contributed by atoms with Gasteiger partial charge < -0.3 is 19.1 Å². The highest BCUT2D eigenvalue weighted by atomic mass is 35.5. The molecule has 6 nitrogen and oxygen atoms in total. The number of methoxy groups -OCH3 is 1. The van der Waals surface area contributed by atoms with E-state index in [-0.39, 0.29) is 12.0 Å². The summed E-state index contributed by atoms with van der Waals surface area (Å²) in [4.78, 5) is 17.2. The van der Waals surface area contributed by atoms with Gasteiger partial charge in [-0.25, -0.2) is 0 Å². The van der Waals surface area contributed by atoms with E-state index in [1.165, 1.54) is 0 Å². The summed E-state index contributed by atoms with van der Waals surface area (Å²) in [7, 11) is 1.66. The molecule has 4 rings (SSSR count). The van der Waals surface area contributed by atoms with Crippen LogP contribution in [-0.4, -0.2) is 61.6 Å². The number of carbonyl (C=O) groups excluding carboxylic acids is 1. The lowest BCUT2D eigenvalue weighted by Crippen LogP contribution is -2.52. The van der Waals surface area contributed by atoms with E-state index in [1.54, 1.807) is 7.11 Å². The molecule has 1 aliphatic heterocycles. The number of rotatable bonds is 10. The molecule has 1 heterocycles. The molecular weight excluding hydrogens is 476 g/mol.